The van der Waals surface area contributed by atoms with Gasteiger partial charge in [-0.1, -0.05) is 24.3 Å². The van der Waals surface area contributed by atoms with E-state index in [0.717, 1.165) is 17.7 Å². The van der Waals surface area contributed by atoms with Gasteiger partial charge in [-0.15, -0.1) is 0 Å². The van der Waals surface area contributed by atoms with E-state index in [0.29, 0.717) is 17.7 Å². The van der Waals surface area contributed by atoms with E-state index in [1.54, 1.807) is 24.3 Å². The topological polar surface area (TPSA) is 26.0 Å². The predicted octanol–water partition coefficient (Wildman–Crippen LogP) is 3.23. The Kier molecular flexibility index (Phi) is 3.15. The molecular weight excluding hydrogens is 227 g/mol. The van der Waals surface area contributed by atoms with E-state index in [4.69, 9.17) is 5.73 Å². The van der Waals surface area contributed by atoms with Crippen LogP contribution in [0.1, 0.15) is 5.56 Å². The van der Waals surface area contributed by atoms with Crippen LogP contribution in [0.15, 0.2) is 36.4 Å². The van der Waals surface area contributed by atoms with Crippen molar-refractivity contribution in [3.63, 3.8) is 0 Å². The second kappa shape index (κ2) is 4.59. The summed E-state index contributed by atoms with van der Waals surface area (Å²) >= 11 is 0. The molecule has 0 fully saturated rings. The van der Waals surface area contributed by atoms with Crippen molar-refractivity contribution in [1.29, 1.82) is 0 Å². The molecular formula is C13H10F3N. The maximum atomic E-state index is 13.0. The van der Waals surface area contributed by atoms with Crippen LogP contribution in [0, 0.1) is 17.5 Å². The average molecular weight is 237 g/mol. The van der Waals surface area contributed by atoms with Crippen LogP contribution in [-0.4, -0.2) is 0 Å². The smallest absolute Gasteiger partial charge is 0.194 e. The molecule has 1 nitrogen and oxygen atoms in total. The van der Waals surface area contributed by atoms with Gasteiger partial charge in [-0.05, 0) is 28.8 Å². The molecule has 0 amide bonds. The van der Waals surface area contributed by atoms with Crippen LogP contribution in [0.25, 0.3) is 11.1 Å². The highest BCUT2D eigenvalue weighted by Crippen LogP contribution is 2.23. The first-order valence-corrected chi connectivity index (χ1v) is 5.05. The van der Waals surface area contributed by atoms with Crippen molar-refractivity contribution in [2.24, 2.45) is 5.73 Å². The second-order valence-electron chi connectivity index (χ2n) is 3.65. The molecule has 0 heterocycles. The first-order valence-electron chi connectivity index (χ1n) is 5.05. The molecule has 0 unspecified atom stereocenters. The van der Waals surface area contributed by atoms with Gasteiger partial charge in [0.15, 0.2) is 17.5 Å². The Labute approximate surface area is 96.7 Å². The van der Waals surface area contributed by atoms with Crippen molar-refractivity contribution in [1.82, 2.24) is 0 Å². The van der Waals surface area contributed by atoms with E-state index in [2.05, 4.69) is 0 Å². The van der Waals surface area contributed by atoms with Gasteiger partial charge >= 0.3 is 0 Å². The van der Waals surface area contributed by atoms with Crippen LogP contribution >= 0.6 is 0 Å². The lowest BCUT2D eigenvalue weighted by atomic mass is 10.0. The monoisotopic (exact) mass is 237 g/mol. The van der Waals surface area contributed by atoms with Crippen LogP contribution in [0.4, 0.5) is 13.2 Å². The van der Waals surface area contributed by atoms with Gasteiger partial charge in [-0.3, -0.25) is 0 Å². The molecule has 0 bridgehead atoms. The number of halogens is 3. The first kappa shape index (κ1) is 11.7. The average Bonchev–Trinajstić information content (AvgIpc) is 2.35. The molecule has 4 heteroatoms. The quantitative estimate of drug-likeness (QED) is 0.797. The highest BCUT2D eigenvalue weighted by molar-refractivity contribution is 5.63. The fraction of sp³-hybridized carbons (Fsp3) is 0.0769. The summed E-state index contributed by atoms with van der Waals surface area (Å²) in [5.41, 5.74) is 7.26. The summed E-state index contributed by atoms with van der Waals surface area (Å²) in [6.45, 7) is 0.395. The van der Waals surface area contributed by atoms with E-state index in [1.807, 2.05) is 0 Å². The maximum Gasteiger partial charge on any atom is 0.194 e. The van der Waals surface area contributed by atoms with Crippen molar-refractivity contribution >= 4 is 0 Å². The van der Waals surface area contributed by atoms with Gasteiger partial charge < -0.3 is 5.73 Å². The molecule has 0 atom stereocenters. The van der Waals surface area contributed by atoms with Crippen LogP contribution in [0.2, 0.25) is 0 Å². The van der Waals surface area contributed by atoms with E-state index >= 15 is 0 Å². The molecule has 2 aromatic carbocycles. The summed E-state index contributed by atoms with van der Waals surface area (Å²) in [5, 5.41) is 0. The number of hydrogen-bond acceptors (Lipinski definition) is 1. The highest BCUT2D eigenvalue weighted by atomic mass is 19.2. The molecule has 0 aliphatic carbocycles. The first-order chi connectivity index (χ1) is 8.11. The van der Waals surface area contributed by atoms with Crippen molar-refractivity contribution in [3.8, 4) is 11.1 Å². The molecule has 0 spiro atoms. The number of nitrogens with two attached hydrogens (primary N) is 1. The fourth-order valence-electron chi connectivity index (χ4n) is 1.56. The van der Waals surface area contributed by atoms with Gasteiger partial charge in [0.1, 0.15) is 0 Å². The van der Waals surface area contributed by atoms with E-state index in [9.17, 15) is 13.2 Å². The zero-order chi connectivity index (χ0) is 12.4. The number of benzene rings is 2. The third kappa shape index (κ3) is 2.31. The van der Waals surface area contributed by atoms with Gasteiger partial charge in [-0.25, -0.2) is 13.2 Å². The van der Waals surface area contributed by atoms with Gasteiger partial charge in [0, 0.05) is 6.54 Å². The molecule has 2 aromatic rings. The lowest BCUT2D eigenvalue weighted by Crippen LogP contribution is -1.96. The van der Waals surface area contributed by atoms with Crippen LogP contribution in [0.3, 0.4) is 0 Å². The van der Waals surface area contributed by atoms with Gasteiger partial charge in [0.25, 0.3) is 0 Å². The Morgan fingerprint density at radius 1 is 0.824 bits per heavy atom. The molecule has 2 rings (SSSR count). The van der Waals surface area contributed by atoms with Crippen molar-refractivity contribution in [3.05, 3.63) is 59.4 Å². The number of rotatable bonds is 2. The Morgan fingerprint density at radius 3 is 1.82 bits per heavy atom. The summed E-state index contributed by atoms with van der Waals surface area (Å²) < 4.78 is 38.9. The third-order valence-corrected chi connectivity index (χ3v) is 2.51. The molecule has 0 aliphatic rings. The predicted molar refractivity (Wildman–Crippen MR) is 59.6 cm³/mol. The SMILES string of the molecule is NCc1ccc(-c2cc(F)c(F)c(F)c2)cc1. The lowest BCUT2D eigenvalue weighted by molar-refractivity contribution is 0.448. The highest BCUT2D eigenvalue weighted by Gasteiger charge is 2.11. The standard InChI is InChI=1S/C13H10F3N/c14-11-5-10(6-12(15)13(11)16)9-3-1-8(7-17)2-4-9/h1-6H,7,17H2. The maximum absolute atomic E-state index is 13.0. The Hall–Kier alpha value is -1.81. The Balaban J connectivity index is 2.45. The molecule has 0 radical (unpaired) electrons. The largest absolute Gasteiger partial charge is 0.326 e. The molecule has 17 heavy (non-hydrogen) atoms. The summed E-state index contributed by atoms with van der Waals surface area (Å²) in [6, 6.07) is 8.83. The zero-order valence-electron chi connectivity index (χ0n) is 8.88. The van der Waals surface area contributed by atoms with Crippen molar-refractivity contribution < 1.29 is 13.2 Å². The van der Waals surface area contributed by atoms with Crippen LogP contribution in [-0.2, 0) is 6.54 Å². The summed E-state index contributed by atoms with van der Waals surface area (Å²) in [7, 11) is 0. The molecule has 0 saturated carbocycles. The van der Waals surface area contributed by atoms with E-state index in [1.165, 1.54) is 0 Å². The second-order valence-corrected chi connectivity index (χ2v) is 3.65. The van der Waals surface area contributed by atoms with Crippen LogP contribution < -0.4 is 5.73 Å². The minimum atomic E-state index is -1.45. The summed E-state index contributed by atoms with van der Waals surface area (Å²) in [6.07, 6.45) is 0. The molecule has 0 saturated heterocycles. The van der Waals surface area contributed by atoms with Crippen LogP contribution in [0.5, 0.6) is 0 Å². The fourth-order valence-corrected chi connectivity index (χ4v) is 1.56. The Bertz CT molecular complexity index is 512. The minimum absolute atomic E-state index is 0.296. The van der Waals surface area contributed by atoms with E-state index < -0.39 is 17.5 Å². The third-order valence-electron chi connectivity index (χ3n) is 2.51. The van der Waals surface area contributed by atoms with Gasteiger partial charge in [0.05, 0.1) is 0 Å². The summed E-state index contributed by atoms with van der Waals surface area (Å²) in [5.74, 6) is -3.84. The molecule has 0 aromatic heterocycles. The van der Waals surface area contributed by atoms with Crippen molar-refractivity contribution in [2.45, 2.75) is 6.54 Å². The van der Waals surface area contributed by atoms with E-state index in [-0.39, 0.29) is 0 Å². The van der Waals surface area contributed by atoms with Crippen molar-refractivity contribution in [2.75, 3.05) is 0 Å². The Morgan fingerprint density at radius 2 is 1.35 bits per heavy atom. The van der Waals surface area contributed by atoms with Gasteiger partial charge in [0.2, 0.25) is 0 Å². The zero-order valence-corrected chi connectivity index (χ0v) is 8.88. The molecule has 0 aliphatic heterocycles. The van der Waals surface area contributed by atoms with Gasteiger partial charge in [-0.2, -0.15) is 0 Å². The lowest BCUT2D eigenvalue weighted by Gasteiger charge is -2.04. The molecule has 88 valence electrons. The number of hydrogen-bond donors (Lipinski definition) is 1. The minimum Gasteiger partial charge on any atom is -0.326 e. The molecule has 2 N–H and O–H groups in total. The summed E-state index contributed by atoms with van der Waals surface area (Å²) in [4.78, 5) is 0. The normalized spacial score (nSPS) is 10.6.